The van der Waals surface area contributed by atoms with Crippen LogP contribution in [0.4, 0.5) is 0 Å². The number of hydrogen-bond donors (Lipinski definition) is 1. The molecule has 0 aliphatic carbocycles. The van der Waals surface area contributed by atoms with E-state index in [0.717, 1.165) is 6.54 Å². The molecule has 82 valence electrons. The zero-order valence-corrected chi connectivity index (χ0v) is 9.20. The predicted molar refractivity (Wildman–Crippen MR) is 55.7 cm³/mol. The van der Waals surface area contributed by atoms with Crippen molar-refractivity contribution in [2.45, 2.75) is 6.42 Å². The maximum Gasteiger partial charge on any atom is 0.0725 e. The van der Waals surface area contributed by atoms with Gasteiger partial charge in [0.1, 0.15) is 0 Å². The third kappa shape index (κ3) is 1.67. The fraction of sp³-hybridized carbons (Fsp3) is 1.00. The zero-order valence-electron chi connectivity index (χ0n) is 9.20. The van der Waals surface area contributed by atoms with E-state index in [-0.39, 0.29) is 0 Å². The Kier molecular flexibility index (Phi) is 2.79. The number of hydrogen-bond acceptors (Lipinski definition) is 4. The Labute approximate surface area is 85.9 Å². The third-order valence-electron chi connectivity index (χ3n) is 3.86. The van der Waals surface area contributed by atoms with Crippen molar-refractivity contribution in [1.29, 1.82) is 0 Å². The van der Waals surface area contributed by atoms with Crippen molar-refractivity contribution in [1.82, 2.24) is 9.80 Å². The highest BCUT2D eigenvalue weighted by atomic mass is 16.6. The summed E-state index contributed by atoms with van der Waals surface area (Å²) in [7, 11) is 4.36. The lowest BCUT2D eigenvalue weighted by Crippen LogP contribution is -2.64. The highest BCUT2D eigenvalue weighted by Crippen LogP contribution is 2.43. The molecular formula is C10H21N3O. The van der Waals surface area contributed by atoms with Crippen LogP contribution in [0.1, 0.15) is 6.42 Å². The first kappa shape index (κ1) is 10.4. The van der Waals surface area contributed by atoms with Crippen LogP contribution in [0.3, 0.4) is 0 Å². The Morgan fingerprint density at radius 3 is 2.64 bits per heavy atom. The summed E-state index contributed by atoms with van der Waals surface area (Å²) < 4.78 is 0. The average molecular weight is 199 g/mol. The van der Waals surface area contributed by atoms with Gasteiger partial charge >= 0.3 is 0 Å². The molecule has 0 aromatic heterocycles. The molecule has 14 heavy (non-hydrogen) atoms. The normalized spacial score (nSPS) is 33.2. The van der Waals surface area contributed by atoms with Gasteiger partial charge in [-0.25, -0.2) is 5.90 Å². The summed E-state index contributed by atoms with van der Waals surface area (Å²) in [6.07, 6.45) is 1.29. The molecule has 1 unspecified atom stereocenters. The van der Waals surface area contributed by atoms with Crippen molar-refractivity contribution in [3.8, 4) is 0 Å². The lowest BCUT2D eigenvalue weighted by molar-refractivity contribution is -0.102. The third-order valence-corrected chi connectivity index (χ3v) is 3.86. The van der Waals surface area contributed by atoms with E-state index in [1.165, 1.54) is 26.1 Å². The van der Waals surface area contributed by atoms with Crippen LogP contribution in [0.5, 0.6) is 0 Å². The van der Waals surface area contributed by atoms with Gasteiger partial charge in [0.15, 0.2) is 0 Å². The summed E-state index contributed by atoms with van der Waals surface area (Å²) >= 11 is 0. The number of likely N-dealkylation sites (tertiary alicyclic amines) is 2. The van der Waals surface area contributed by atoms with Crippen LogP contribution >= 0.6 is 0 Å². The summed E-state index contributed by atoms with van der Waals surface area (Å²) in [5.41, 5.74) is 0.501. The van der Waals surface area contributed by atoms with Crippen LogP contribution in [0.25, 0.3) is 0 Å². The molecule has 0 aromatic carbocycles. The Balaban J connectivity index is 2.00. The second kappa shape index (κ2) is 3.77. The molecule has 0 aromatic rings. The second-order valence-corrected chi connectivity index (χ2v) is 5.08. The molecule has 0 radical (unpaired) electrons. The van der Waals surface area contributed by atoms with Crippen LogP contribution in [0.15, 0.2) is 0 Å². The zero-order chi connectivity index (χ0) is 10.2. The first-order chi connectivity index (χ1) is 6.66. The molecule has 2 rings (SSSR count). The molecule has 4 nitrogen and oxygen atoms in total. The smallest absolute Gasteiger partial charge is 0.0725 e. The van der Waals surface area contributed by atoms with Crippen LogP contribution < -0.4 is 5.90 Å². The molecule has 1 spiro atoms. The fourth-order valence-electron chi connectivity index (χ4n) is 3.07. The molecule has 2 aliphatic heterocycles. The van der Waals surface area contributed by atoms with Gasteiger partial charge in [-0.05, 0) is 27.1 Å². The minimum absolute atomic E-state index is 0.501. The van der Waals surface area contributed by atoms with Crippen LogP contribution in [-0.2, 0) is 4.84 Å². The number of piperidine rings is 1. The van der Waals surface area contributed by atoms with Crippen molar-refractivity contribution < 1.29 is 4.84 Å². The highest BCUT2D eigenvalue weighted by Gasteiger charge is 2.49. The highest BCUT2D eigenvalue weighted by molar-refractivity contribution is 5.01. The minimum atomic E-state index is 0.501. The van der Waals surface area contributed by atoms with Crippen LogP contribution in [-0.4, -0.2) is 56.7 Å². The summed E-state index contributed by atoms with van der Waals surface area (Å²) in [6, 6.07) is 0. The minimum Gasteiger partial charge on any atom is -0.306 e. The van der Waals surface area contributed by atoms with E-state index in [9.17, 15) is 0 Å². The molecule has 2 N–H and O–H groups in total. The Morgan fingerprint density at radius 2 is 2.07 bits per heavy atom. The fourth-order valence-corrected chi connectivity index (χ4v) is 3.07. The monoisotopic (exact) mass is 199 g/mol. The number of nitrogens with two attached hydrogens (primary N) is 1. The summed E-state index contributed by atoms with van der Waals surface area (Å²) in [5.74, 6) is 5.82. The maximum absolute atomic E-state index is 5.21. The first-order valence-electron chi connectivity index (χ1n) is 5.35. The molecule has 2 heterocycles. The Morgan fingerprint density at radius 1 is 1.36 bits per heavy atom. The Hall–Kier alpha value is -0.160. The van der Waals surface area contributed by atoms with E-state index in [2.05, 4.69) is 23.9 Å². The van der Waals surface area contributed by atoms with Gasteiger partial charge in [0.25, 0.3) is 0 Å². The lowest BCUT2D eigenvalue weighted by atomic mass is 9.65. The van der Waals surface area contributed by atoms with Crippen LogP contribution in [0.2, 0.25) is 0 Å². The largest absolute Gasteiger partial charge is 0.306 e. The van der Waals surface area contributed by atoms with Gasteiger partial charge in [-0.3, -0.25) is 0 Å². The molecule has 2 saturated heterocycles. The number of nitrogens with zero attached hydrogens (tertiary/aromatic N) is 2. The van der Waals surface area contributed by atoms with E-state index < -0.39 is 0 Å². The van der Waals surface area contributed by atoms with Crippen LogP contribution in [0, 0.1) is 11.3 Å². The van der Waals surface area contributed by atoms with Crippen molar-refractivity contribution in [3.05, 3.63) is 0 Å². The SMILES string of the molecule is CN1CCC2(CN(C)C2)C(CON)C1. The van der Waals surface area contributed by atoms with Crippen molar-refractivity contribution >= 4 is 0 Å². The van der Waals surface area contributed by atoms with E-state index in [1.54, 1.807) is 0 Å². The maximum atomic E-state index is 5.21. The topological polar surface area (TPSA) is 41.7 Å². The predicted octanol–water partition coefficient (Wildman–Crippen LogP) is -0.240. The van der Waals surface area contributed by atoms with Gasteiger partial charge in [-0.1, -0.05) is 0 Å². The number of rotatable bonds is 2. The molecule has 2 aliphatic rings. The summed E-state index contributed by atoms with van der Waals surface area (Å²) in [6.45, 7) is 5.49. The summed E-state index contributed by atoms with van der Waals surface area (Å²) in [4.78, 5) is 9.62. The van der Waals surface area contributed by atoms with Gasteiger partial charge in [-0.15, -0.1) is 0 Å². The Bertz CT molecular complexity index is 204. The molecule has 4 heteroatoms. The molecule has 0 bridgehead atoms. The van der Waals surface area contributed by atoms with Crippen molar-refractivity contribution in [2.24, 2.45) is 17.2 Å². The van der Waals surface area contributed by atoms with E-state index in [1.807, 2.05) is 0 Å². The molecule has 0 saturated carbocycles. The van der Waals surface area contributed by atoms with E-state index in [4.69, 9.17) is 10.7 Å². The van der Waals surface area contributed by atoms with E-state index in [0.29, 0.717) is 17.9 Å². The second-order valence-electron chi connectivity index (χ2n) is 5.08. The van der Waals surface area contributed by atoms with Gasteiger partial charge < -0.3 is 14.6 Å². The summed E-state index contributed by atoms with van der Waals surface area (Å²) in [5, 5.41) is 0. The van der Waals surface area contributed by atoms with E-state index >= 15 is 0 Å². The van der Waals surface area contributed by atoms with Gasteiger partial charge in [0.2, 0.25) is 0 Å². The quantitative estimate of drug-likeness (QED) is 0.623. The molecule has 1 atom stereocenters. The average Bonchev–Trinajstić information content (AvgIpc) is 2.08. The first-order valence-corrected chi connectivity index (χ1v) is 5.35. The lowest BCUT2D eigenvalue weighted by Gasteiger charge is -2.56. The van der Waals surface area contributed by atoms with Gasteiger partial charge in [0, 0.05) is 31.0 Å². The van der Waals surface area contributed by atoms with Crippen molar-refractivity contribution in [2.75, 3.05) is 46.9 Å². The molecule has 2 fully saturated rings. The van der Waals surface area contributed by atoms with Crippen molar-refractivity contribution in [3.63, 3.8) is 0 Å². The van der Waals surface area contributed by atoms with Gasteiger partial charge in [0.05, 0.1) is 6.61 Å². The molecule has 0 amide bonds. The molecular weight excluding hydrogens is 178 g/mol. The standard InChI is InChI=1S/C10H21N3O/c1-12-4-3-10(7-13(2)8-10)9(5-12)6-14-11/h9H,3-8,11H2,1-2H3. The van der Waals surface area contributed by atoms with Gasteiger partial charge in [-0.2, -0.15) is 0 Å².